The van der Waals surface area contributed by atoms with Crippen molar-refractivity contribution < 1.29 is 14.3 Å². The second-order valence-corrected chi connectivity index (χ2v) is 4.14. The topological polar surface area (TPSA) is 35.5 Å². The van der Waals surface area contributed by atoms with Gasteiger partial charge in [0.1, 0.15) is 12.4 Å². The smallest absolute Gasteiger partial charge is 0.429 e. The molecule has 0 radical (unpaired) electrons. The summed E-state index contributed by atoms with van der Waals surface area (Å²) in [6.45, 7) is 2.07. The van der Waals surface area contributed by atoms with Gasteiger partial charge in [-0.15, -0.1) is 0 Å². The van der Waals surface area contributed by atoms with E-state index >= 15 is 0 Å². The van der Waals surface area contributed by atoms with Crippen LogP contribution in [-0.4, -0.2) is 6.16 Å². The van der Waals surface area contributed by atoms with Crippen molar-refractivity contribution in [2.45, 2.75) is 13.5 Å². The van der Waals surface area contributed by atoms with Crippen molar-refractivity contribution in [3.8, 4) is 15.6 Å². The molecule has 0 N–H and O–H groups in total. The minimum Gasteiger partial charge on any atom is -0.429 e. The molecule has 0 spiro atoms. The first-order valence-electron chi connectivity index (χ1n) is 4.32. The molecule has 2 aliphatic heterocycles. The number of ether oxygens (including phenoxy) is 2. The van der Waals surface area contributed by atoms with E-state index < -0.39 is 6.16 Å². The van der Waals surface area contributed by atoms with Gasteiger partial charge in [-0.1, -0.05) is 12.0 Å². The van der Waals surface area contributed by atoms with Gasteiger partial charge in [-0.05, 0) is 44.5 Å². The van der Waals surface area contributed by atoms with Gasteiger partial charge in [0.15, 0.2) is 0 Å². The lowest BCUT2D eigenvalue weighted by Crippen LogP contribution is -2.13. The highest BCUT2D eigenvalue weighted by molar-refractivity contribution is 14.1. The largest absolute Gasteiger partial charge is 0.514 e. The van der Waals surface area contributed by atoms with Gasteiger partial charge in [-0.2, -0.15) is 0 Å². The van der Waals surface area contributed by atoms with E-state index in [9.17, 15) is 4.79 Å². The zero-order valence-electron chi connectivity index (χ0n) is 8.42. The van der Waals surface area contributed by atoms with Crippen molar-refractivity contribution >= 4 is 44.7 Å². The Morgan fingerprint density at radius 1 is 1.50 bits per heavy atom. The van der Waals surface area contributed by atoms with E-state index in [2.05, 4.69) is 25.8 Å². The molecule has 0 amide bonds. The van der Waals surface area contributed by atoms with Crippen LogP contribution in [0.25, 0.3) is 0 Å². The normalized spacial score (nSPS) is 11.8. The first-order valence-corrected chi connectivity index (χ1v) is 6.20. The maximum Gasteiger partial charge on any atom is 0.514 e. The minimum atomic E-state index is -0.656. The van der Waals surface area contributed by atoms with Gasteiger partial charge in [0.05, 0.1) is 4.47 Å². The molecule has 3 nitrogen and oxygen atoms in total. The van der Waals surface area contributed by atoms with Crippen molar-refractivity contribution in [1.82, 2.24) is 0 Å². The number of benzene rings is 1. The van der Waals surface area contributed by atoms with Gasteiger partial charge in [-0.3, -0.25) is 0 Å². The van der Waals surface area contributed by atoms with Crippen molar-refractivity contribution in [2.75, 3.05) is 0 Å². The molecule has 1 aromatic rings. The summed E-state index contributed by atoms with van der Waals surface area (Å²) in [5.41, 5.74) is 0.947. The van der Waals surface area contributed by atoms with Crippen molar-refractivity contribution in [1.29, 1.82) is 0 Å². The van der Waals surface area contributed by atoms with Crippen LogP contribution in [0, 0.1) is 9.85 Å². The first kappa shape index (κ1) is 13.3. The number of carbonyl (C=O) groups excluding carboxylic acids is 1. The number of hydrogen-bond donors (Lipinski definition) is 0. The Kier molecular flexibility index (Phi) is 5.63. The molecule has 0 atom stereocenters. The summed E-state index contributed by atoms with van der Waals surface area (Å²) in [4.78, 5) is 10.8. The maximum atomic E-state index is 10.8. The number of carbonyl (C=O) groups is 1. The molecule has 1 aromatic carbocycles. The summed E-state index contributed by atoms with van der Waals surface area (Å²) in [6.07, 6.45) is -0.656. The fraction of sp³-hybridized carbons (Fsp3) is 0.182. The highest BCUT2D eigenvalue weighted by Gasteiger charge is 2.13. The van der Waals surface area contributed by atoms with E-state index in [4.69, 9.17) is 9.47 Å². The monoisotopic (exact) mass is 394 g/mol. The van der Waals surface area contributed by atoms with Gasteiger partial charge >= 0.3 is 6.16 Å². The van der Waals surface area contributed by atoms with Crippen LogP contribution in [0.2, 0.25) is 0 Å². The number of fused-ring (bicyclic) bond motifs is 5. The standard InChI is InChI=1S/C8H5BrO3.C3H3I/c9-6-3-5-1-2-7(6)12-8(10)11-4-5;1-2-3-4/h1-3H,4H2;1H3. The van der Waals surface area contributed by atoms with Crippen LogP contribution in [0.15, 0.2) is 22.7 Å². The molecule has 3 rings (SSSR count). The van der Waals surface area contributed by atoms with Crippen LogP contribution in [0.3, 0.4) is 0 Å². The van der Waals surface area contributed by atoms with E-state index in [0.29, 0.717) is 5.75 Å². The summed E-state index contributed by atoms with van der Waals surface area (Å²) in [5, 5.41) is 0. The van der Waals surface area contributed by atoms with Crippen LogP contribution < -0.4 is 4.74 Å². The molecule has 0 aliphatic carbocycles. The van der Waals surface area contributed by atoms with Crippen molar-refractivity contribution in [3.05, 3.63) is 28.2 Å². The Morgan fingerprint density at radius 3 is 2.75 bits per heavy atom. The van der Waals surface area contributed by atoms with Crippen LogP contribution in [-0.2, 0) is 11.3 Å². The SMILES string of the molecule is CC#CI.O=C1OCc2ccc(c(Br)c2)O1. The number of halogens is 2. The molecule has 84 valence electrons. The third-order valence-corrected chi connectivity index (χ3v) is 2.80. The summed E-state index contributed by atoms with van der Waals surface area (Å²) in [6, 6.07) is 5.45. The van der Waals surface area contributed by atoms with Crippen LogP contribution in [0.4, 0.5) is 4.79 Å². The van der Waals surface area contributed by atoms with Gasteiger partial charge in [0.25, 0.3) is 0 Å². The van der Waals surface area contributed by atoms with Gasteiger partial charge in [-0.25, -0.2) is 4.79 Å². The molecule has 0 aromatic heterocycles. The van der Waals surface area contributed by atoms with E-state index in [1.165, 1.54) is 0 Å². The first-order chi connectivity index (χ1) is 7.67. The Hall–Kier alpha value is -0.740. The zero-order valence-corrected chi connectivity index (χ0v) is 12.2. The molecule has 2 aliphatic rings. The predicted octanol–water partition coefficient (Wildman–Crippen LogP) is 3.88. The quantitative estimate of drug-likeness (QED) is 0.290. The molecule has 16 heavy (non-hydrogen) atoms. The number of rotatable bonds is 0. The molecule has 0 saturated carbocycles. The summed E-state index contributed by atoms with van der Waals surface area (Å²) in [7, 11) is 0. The van der Waals surface area contributed by atoms with Crippen LogP contribution in [0.1, 0.15) is 12.5 Å². The van der Waals surface area contributed by atoms with E-state index in [1.807, 2.05) is 41.6 Å². The average Bonchev–Trinajstić information content (AvgIpc) is 2.27. The third kappa shape index (κ3) is 4.02. The molecule has 2 bridgehead atoms. The molecule has 0 unspecified atom stereocenters. The van der Waals surface area contributed by atoms with E-state index in [0.717, 1.165) is 10.0 Å². The summed E-state index contributed by atoms with van der Waals surface area (Å²) < 4.78 is 13.0. The lowest BCUT2D eigenvalue weighted by Gasteiger charge is -2.12. The molecular weight excluding hydrogens is 387 g/mol. The Morgan fingerprint density at radius 2 is 2.19 bits per heavy atom. The fourth-order valence-corrected chi connectivity index (χ4v) is 1.49. The number of hydrogen-bond acceptors (Lipinski definition) is 3. The van der Waals surface area contributed by atoms with Gasteiger partial charge < -0.3 is 9.47 Å². The Balaban J connectivity index is 0.000000280. The van der Waals surface area contributed by atoms with Crippen molar-refractivity contribution in [3.63, 3.8) is 0 Å². The van der Waals surface area contributed by atoms with Crippen LogP contribution in [0.5, 0.6) is 5.75 Å². The highest BCUT2D eigenvalue weighted by Crippen LogP contribution is 2.28. The van der Waals surface area contributed by atoms with E-state index in [-0.39, 0.29) is 6.61 Å². The summed E-state index contributed by atoms with van der Waals surface area (Å²) >= 11 is 5.27. The zero-order chi connectivity index (χ0) is 12.0. The average molecular weight is 395 g/mol. The van der Waals surface area contributed by atoms with Gasteiger partial charge in [0, 0.05) is 22.6 Å². The Labute approximate surface area is 116 Å². The Bertz CT molecular complexity index is 442. The lowest BCUT2D eigenvalue weighted by atomic mass is 10.2. The maximum absolute atomic E-state index is 10.8. The van der Waals surface area contributed by atoms with E-state index in [1.54, 1.807) is 6.07 Å². The minimum absolute atomic E-state index is 0.262. The second-order valence-electron chi connectivity index (χ2n) is 2.75. The summed E-state index contributed by atoms with van der Waals surface area (Å²) in [5.74, 6) is 3.16. The third-order valence-electron chi connectivity index (χ3n) is 1.64. The second kappa shape index (κ2) is 6.76. The highest BCUT2D eigenvalue weighted by atomic mass is 127. The van der Waals surface area contributed by atoms with Crippen LogP contribution >= 0.6 is 38.5 Å². The molecular formula is C11H8BrIO3. The predicted molar refractivity (Wildman–Crippen MR) is 72.4 cm³/mol. The van der Waals surface area contributed by atoms with Gasteiger partial charge in [0.2, 0.25) is 0 Å². The lowest BCUT2D eigenvalue weighted by molar-refractivity contribution is 0.0904. The molecule has 5 heteroatoms. The van der Waals surface area contributed by atoms with Crippen molar-refractivity contribution in [2.24, 2.45) is 0 Å². The molecule has 0 saturated heterocycles. The fourth-order valence-electron chi connectivity index (χ4n) is 0.978. The molecule has 0 fully saturated rings. The molecule has 2 heterocycles.